The van der Waals surface area contributed by atoms with E-state index in [1.165, 1.54) is 19.3 Å². The summed E-state index contributed by atoms with van der Waals surface area (Å²) in [6.45, 7) is 2.87. The molecule has 2 atom stereocenters. The van der Waals surface area contributed by atoms with Gasteiger partial charge in [0.2, 0.25) is 0 Å². The van der Waals surface area contributed by atoms with Gasteiger partial charge in [-0.2, -0.15) is 5.26 Å². The highest BCUT2D eigenvalue weighted by Crippen LogP contribution is 2.58. The minimum absolute atomic E-state index is 0.351. The second-order valence-corrected chi connectivity index (χ2v) is 5.51. The number of rotatable bonds is 4. The van der Waals surface area contributed by atoms with Gasteiger partial charge in [-0.1, -0.05) is 6.42 Å². The van der Waals surface area contributed by atoms with Crippen LogP contribution in [0.15, 0.2) is 18.3 Å². The van der Waals surface area contributed by atoms with Gasteiger partial charge in [-0.3, -0.25) is 0 Å². The lowest BCUT2D eigenvalue weighted by Gasteiger charge is -2.61. The van der Waals surface area contributed by atoms with Crippen LogP contribution in [0.2, 0.25) is 0 Å². The molecule has 100 valence electrons. The van der Waals surface area contributed by atoms with Gasteiger partial charge in [0.05, 0.1) is 18.0 Å². The second-order valence-electron chi connectivity index (χ2n) is 5.51. The minimum atomic E-state index is 0.351. The summed E-state index contributed by atoms with van der Waals surface area (Å²) in [4.78, 5) is 4.10. The third-order valence-corrected chi connectivity index (χ3v) is 4.66. The Hall–Kier alpha value is -1.60. The van der Waals surface area contributed by atoms with Crippen LogP contribution in [0, 0.1) is 16.7 Å². The highest BCUT2D eigenvalue weighted by atomic mass is 16.5. The van der Waals surface area contributed by atoms with E-state index in [9.17, 15) is 0 Å². The molecule has 1 heterocycles. The quantitative estimate of drug-likeness (QED) is 0.901. The number of nitriles is 1. The highest BCUT2D eigenvalue weighted by Gasteiger charge is 2.58. The summed E-state index contributed by atoms with van der Waals surface area (Å²) in [5.41, 5.74) is 1.82. The van der Waals surface area contributed by atoms with Crippen molar-refractivity contribution in [2.24, 2.45) is 5.41 Å². The molecule has 19 heavy (non-hydrogen) atoms. The number of ether oxygens (including phenoxy) is 1. The smallest absolute Gasteiger partial charge is 0.140 e. The SMILES string of the molecule is CCO[C@H]1C[C@@H](Nc2ccc(C#N)nc2)C12CCC2. The zero-order valence-corrected chi connectivity index (χ0v) is 11.2. The van der Waals surface area contributed by atoms with Crippen LogP contribution in [0.3, 0.4) is 0 Å². The summed E-state index contributed by atoms with van der Waals surface area (Å²) in [7, 11) is 0. The van der Waals surface area contributed by atoms with Gasteiger partial charge in [0.15, 0.2) is 0 Å². The number of hydrogen-bond donors (Lipinski definition) is 1. The first-order valence-electron chi connectivity index (χ1n) is 7.03. The van der Waals surface area contributed by atoms with Crippen molar-refractivity contribution in [1.82, 2.24) is 4.98 Å². The van der Waals surface area contributed by atoms with Gasteiger partial charge in [0, 0.05) is 18.1 Å². The predicted octanol–water partition coefficient (Wildman–Crippen LogP) is 2.71. The Kier molecular flexibility index (Phi) is 3.16. The van der Waals surface area contributed by atoms with E-state index < -0.39 is 0 Å². The Morgan fingerprint density at radius 1 is 1.53 bits per heavy atom. The fourth-order valence-corrected chi connectivity index (χ4v) is 3.39. The topological polar surface area (TPSA) is 57.9 Å². The Bertz CT molecular complexity index is 487. The van der Waals surface area contributed by atoms with Crippen LogP contribution in [0.25, 0.3) is 0 Å². The summed E-state index contributed by atoms with van der Waals surface area (Å²) >= 11 is 0. The molecule has 0 radical (unpaired) electrons. The van der Waals surface area contributed by atoms with E-state index >= 15 is 0 Å². The molecule has 2 aliphatic rings. The number of anilines is 1. The average Bonchev–Trinajstić information content (AvgIpc) is 2.36. The number of aromatic nitrogens is 1. The van der Waals surface area contributed by atoms with E-state index in [0.29, 0.717) is 23.3 Å². The van der Waals surface area contributed by atoms with E-state index in [2.05, 4.69) is 17.2 Å². The summed E-state index contributed by atoms with van der Waals surface area (Å²) in [5, 5.41) is 12.3. The molecule has 0 aromatic carbocycles. The van der Waals surface area contributed by atoms with Crippen LogP contribution in [0.4, 0.5) is 5.69 Å². The third kappa shape index (κ3) is 1.98. The molecular formula is C15H19N3O. The van der Waals surface area contributed by atoms with Gasteiger partial charge < -0.3 is 10.1 Å². The number of nitrogens with one attached hydrogen (secondary N) is 1. The van der Waals surface area contributed by atoms with Gasteiger partial charge in [0.1, 0.15) is 11.8 Å². The fraction of sp³-hybridized carbons (Fsp3) is 0.600. The molecule has 0 aliphatic heterocycles. The zero-order valence-electron chi connectivity index (χ0n) is 11.2. The summed E-state index contributed by atoms with van der Waals surface area (Å²) in [6.07, 6.45) is 7.09. The number of hydrogen-bond acceptors (Lipinski definition) is 4. The monoisotopic (exact) mass is 257 g/mol. The molecule has 2 saturated carbocycles. The largest absolute Gasteiger partial charge is 0.380 e. The van der Waals surface area contributed by atoms with E-state index in [4.69, 9.17) is 10.00 Å². The first-order chi connectivity index (χ1) is 9.28. The van der Waals surface area contributed by atoms with Gasteiger partial charge in [-0.25, -0.2) is 4.98 Å². The van der Waals surface area contributed by atoms with Crippen LogP contribution in [0.5, 0.6) is 0 Å². The first kappa shape index (κ1) is 12.4. The fourth-order valence-electron chi connectivity index (χ4n) is 3.39. The predicted molar refractivity (Wildman–Crippen MR) is 72.7 cm³/mol. The van der Waals surface area contributed by atoms with E-state index in [-0.39, 0.29) is 0 Å². The molecule has 2 fully saturated rings. The van der Waals surface area contributed by atoms with Gasteiger partial charge in [0.25, 0.3) is 0 Å². The summed E-state index contributed by atoms with van der Waals surface area (Å²) < 4.78 is 5.84. The molecule has 4 nitrogen and oxygen atoms in total. The van der Waals surface area contributed by atoms with Crippen molar-refractivity contribution in [3.63, 3.8) is 0 Å². The normalized spacial score (nSPS) is 27.2. The van der Waals surface area contributed by atoms with Crippen LogP contribution >= 0.6 is 0 Å². The lowest BCUT2D eigenvalue weighted by Crippen LogP contribution is -2.64. The molecule has 0 saturated heterocycles. The van der Waals surface area contributed by atoms with E-state index in [1.807, 2.05) is 12.1 Å². The lowest BCUT2D eigenvalue weighted by atomic mass is 9.51. The van der Waals surface area contributed by atoms with Crippen molar-refractivity contribution < 1.29 is 4.74 Å². The molecule has 1 aromatic rings. The Morgan fingerprint density at radius 2 is 2.37 bits per heavy atom. The molecule has 4 heteroatoms. The Labute approximate surface area is 113 Å². The molecule has 3 rings (SSSR count). The second kappa shape index (κ2) is 4.82. The summed E-state index contributed by atoms with van der Waals surface area (Å²) in [5.74, 6) is 0. The zero-order chi connectivity index (χ0) is 13.3. The maximum Gasteiger partial charge on any atom is 0.140 e. The molecule has 2 aliphatic carbocycles. The standard InChI is InChI=1S/C15H19N3O/c1-2-19-14-8-13(15(14)6-3-7-15)18-12-5-4-11(9-16)17-10-12/h4-5,10,13-14,18H,2-3,6-8H2,1H3/t13-,14+/m1/s1. The highest BCUT2D eigenvalue weighted by molar-refractivity contribution is 5.45. The van der Waals surface area contributed by atoms with E-state index in [0.717, 1.165) is 18.7 Å². The molecular weight excluding hydrogens is 238 g/mol. The molecule has 1 N–H and O–H groups in total. The maximum absolute atomic E-state index is 8.74. The van der Waals surface area contributed by atoms with Crippen molar-refractivity contribution in [2.45, 2.75) is 44.8 Å². The number of nitrogens with zero attached hydrogens (tertiary/aromatic N) is 2. The molecule has 1 spiro atoms. The van der Waals surface area contributed by atoms with Gasteiger partial charge >= 0.3 is 0 Å². The lowest BCUT2D eigenvalue weighted by molar-refractivity contribution is -0.157. The Morgan fingerprint density at radius 3 is 2.89 bits per heavy atom. The number of pyridine rings is 1. The van der Waals surface area contributed by atoms with Gasteiger partial charge in [-0.05, 0) is 38.3 Å². The first-order valence-corrected chi connectivity index (χ1v) is 7.03. The molecule has 1 aromatic heterocycles. The van der Waals surface area contributed by atoms with E-state index in [1.54, 1.807) is 12.3 Å². The average molecular weight is 257 g/mol. The van der Waals surface area contributed by atoms with Crippen molar-refractivity contribution in [2.75, 3.05) is 11.9 Å². The molecule has 0 amide bonds. The minimum Gasteiger partial charge on any atom is -0.380 e. The molecule has 0 unspecified atom stereocenters. The van der Waals surface area contributed by atoms with Gasteiger partial charge in [-0.15, -0.1) is 0 Å². The van der Waals surface area contributed by atoms with Crippen molar-refractivity contribution in [1.29, 1.82) is 5.26 Å². The van der Waals surface area contributed by atoms with Crippen molar-refractivity contribution >= 4 is 5.69 Å². The van der Waals surface area contributed by atoms with Crippen molar-refractivity contribution in [3.05, 3.63) is 24.0 Å². The van der Waals surface area contributed by atoms with Crippen LogP contribution < -0.4 is 5.32 Å². The van der Waals surface area contributed by atoms with Crippen LogP contribution in [-0.2, 0) is 4.74 Å². The van der Waals surface area contributed by atoms with Crippen LogP contribution in [-0.4, -0.2) is 23.7 Å². The van der Waals surface area contributed by atoms with Crippen molar-refractivity contribution in [3.8, 4) is 6.07 Å². The Balaban J connectivity index is 1.66. The molecule has 0 bridgehead atoms. The van der Waals surface area contributed by atoms with Crippen LogP contribution in [0.1, 0.15) is 38.3 Å². The maximum atomic E-state index is 8.74. The third-order valence-electron chi connectivity index (χ3n) is 4.66. The summed E-state index contributed by atoms with van der Waals surface area (Å²) in [6, 6.07) is 6.23.